The molecule has 0 amide bonds. The minimum atomic E-state index is -1.13. The van der Waals surface area contributed by atoms with Gasteiger partial charge in [0.15, 0.2) is 17.4 Å². The highest BCUT2D eigenvalue weighted by atomic mass is 32.2. The lowest BCUT2D eigenvalue weighted by Gasteiger charge is -2.14. The summed E-state index contributed by atoms with van der Waals surface area (Å²) in [7, 11) is 0. The van der Waals surface area contributed by atoms with Crippen LogP contribution in [0.4, 0.5) is 8.78 Å². The van der Waals surface area contributed by atoms with E-state index in [1.54, 1.807) is 0 Å². The van der Waals surface area contributed by atoms with Gasteiger partial charge in [-0.25, -0.2) is 13.6 Å². The van der Waals surface area contributed by atoms with Crippen LogP contribution in [0.1, 0.15) is 16.1 Å². The summed E-state index contributed by atoms with van der Waals surface area (Å²) in [5, 5.41) is 0.0263. The maximum Gasteiger partial charge on any atom is 0.344 e. The monoisotopic (exact) mass is 268 g/mol. The first-order chi connectivity index (χ1) is 8.58. The fourth-order valence-electron chi connectivity index (χ4n) is 2.01. The van der Waals surface area contributed by atoms with Crippen molar-refractivity contribution in [2.45, 2.75) is 5.75 Å². The summed E-state index contributed by atoms with van der Waals surface area (Å²) in [6.07, 6.45) is 0. The van der Waals surface area contributed by atoms with E-state index in [0.717, 1.165) is 12.1 Å². The molecule has 18 heavy (non-hydrogen) atoms. The van der Waals surface area contributed by atoms with Crippen LogP contribution in [0.15, 0.2) is 21.3 Å². The van der Waals surface area contributed by atoms with Gasteiger partial charge in [0.2, 0.25) is 0 Å². The summed E-state index contributed by atoms with van der Waals surface area (Å²) in [5.41, 5.74) is -0.555. The number of hydrogen-bond acceptors (Lipinski definition) is 4. The molecule has 3 rings (SSSR count). The molecule has 92 valence electrons. The van der Waals surface area contributed by atoms with Crippen molar-refractivity contribution in [1.82, 2.24) is 0 Å². The van der Waals surface area contributed by atoms with E-state index in [1.165, 1.54) is 11.8 Å². The molecule has 0 atom stereocenters. The fraction of sp³-hybridized carbons (Fsp3) is 0.167. The lowest BCUT2D eigenvalue weighted by molar-refractivity contribution is 0.101. The first-order valence-electron chi connectivity index (χ1n) is 5.13. The SMILES string of the molecule is O=C1CSCc2oc(=O)c3cc(F)c(F)cc3c21. The second-order valence-corrected chi connectivity index (χ2v) is 4.90. The van der Waals surface area contributed by atoms with Crippen molar-refractivity contribution >= 4 is 28.3 Å². The lowest BCUT2D eigenvalue weighted by atomic mass is 10.0. The summed E-state index contributed by atoms with van der Waals surface area (Å²) in [5.74, 6) is -1.59. The van der Waals surface area contributed by atoms with Gasteiger partial charge >= 0.3 is 5.63 Å². The van der Waals surface area contributed by atoms with E-state index < -0.39 is 17.3 Å². The van der Waals surface area contributed by atoms with E-state index in [9.17, 15) is 18.4 Å². The Morgan fingerprint density at radius 2 is 1.72 bits per heavy atom. The highest BCUT2D eigenvalue weighted by Gasteiger charge is 2.25. The minimum absolute atomic E-state index is 0.104. The summed E-state index contributed by atoms with van der Waals surface area (Å²) in [6.45, 7) is 0. The first kappa shape index (κ1) is 11.4. The molecule has 1 aromatic carbocycles. The van der Waals surface area contributed by atoms with Crippen LogP contribution in [0.3, 0.4) is 0 Å². The second-order valence-electron chi connectivity index (χ2n) is 3.92. The van der Waals surface area contributed by atoms with E-state index in [0.29, 0.717) is 5.75 Å². The quantitative estimate of drug-likeness (QED) is 0.736. The zero-order valence-electron chi connectivity index (χ0n) is 8.96. The smallest absolute Gasteiger partial charge is 0.344 e. The van der Waals surface area contributed by atoms with Crippen LogP contribution >= 0.6 is 11.8 Å². The van der Waals surface area contributed by atoms with Gasteiger partial charge in [-0.05, 0) is 12.1 Å². The predicted molar refractivity (Wildman–Crippen MR) is 62.9 cm³/mol. The van der Waals surface area contributed by atoms with Gasteiger partial charge in [0.25, 0.3) is 0 Å². The zero-order valence-corrected chi connectivity index (χ0v) is 9.77. The molecule has 1 aliphatic rings. The average Bonchev–Trinajstić information content (AvgIpc) is 2.32. The molecule has 1 aliphatic heterocycles. The topological polar surface area (TPSA) is 47.3 Å². The molecule has 2 heterocycles. The molecule has 2 aromatic rings. The number of fused-ring (bicyclic) bond motifs is 3. The molecular formula is C12H6F2O3S. The molecule has 6 heteroatoms. The number of Topliss-reactive ketones (excluding diaryl/α,β-unsaturated/α-hetero) is 1. The largest absolute Gasteiger partial charge is 0.426 e. The van der Waals surface area contributed by atoms with Crippen molar-refractivity contribution in [2.75, 3.05) is 5.75 Å². The molecule has 3 nitrogen and oxygen atoms in total. The highest BCUT2D eigenvalue weighted by molar-refractivity contribution is 7.99. The molecule has 0 radical (unpaired) electrons. The number of rotatable bonds is 0. The van der Waals surface area contributed by atoms with Crippen molar-refractivity contribution < 1.29 is 18.0 Å². The molecule has 0 aliphatic carbocycles. The third kappa shape index (κ3) is 1.56. The zero-order chi connectivity index (χ0) is 12.9. The number of carbonyl (C=O) groups is 1. The van der Waals surface area contributed by atoms with Crippen molar-refractivity contribution in [2.24, 2.45) is 0 Å². The summed E-state index contributed by atoms with van der Waals surface area (Å²) in [4.78, 5) is 23.5. The Hall–Kier alpha value is -1.69. The third-order valence-corrected chi connectivity index (χ3v) is 3.72. The highest BCUT2D eigenvalue weighted by Crippen LogP contribution is 2.30. The standard InChI is InChI=1S/C12H6F2O3S/c13-7-1-5-6(2-8(7)14)12(16)17-10-4-18-3-9(15)11(5)10/h1-2H,3-4H2. The maximum atomic E-state index is 13.3. The first-order valence-corrected chi connectivity index (χ1v) is 6.29. The summed E-state index contributed by atoms with van der Waals surface area (Å²) >= 11 is 1.32. The Morgan fingerprint density at radius 3 is 2.44 bits per heavy atom. The van der Waals surface area contributed by atoms with Gasteiger partial charge in [-0.2, -0.15) is 0 Å². The number of halogens is 2. The molecular weight excluding hydrogens is 262 g/mol. The van der Waals surface area contributed by atoms with Crippen molar-refractivity contribution in [1.29, 1.82) is 0 Å². The van der Waals surface area contributed by atoms with Crippen LogP contribution in [0.5, 0.6) is 0 Å². The Morgan fingerprint density at radius 1 is 1.06 bits per heavy atom. The number of benzene rings is 1. The molecule has 0 N–H and O–H groups in total. The molecule has 0 spiro atoms. The molecule has 0 bridgehead atoms. The van der Waals surface area contributed by atoms with Crippen LogP contribution in [0.2, 0.25) is 0 Å². The molecule has 0 saturated carbocycles. The molecule has 1 aromatic heterocycles. The van der Waals surface area contributed by atoms with Gasteiger partial charge < -0.3 is 4.42 Å². The lowest BCUT2D eigenvalue weighted by Crippen LogP contribution is -2.17. The number of thioether (sulfide) groups is 1. The third-order valence-electron chi connectivity index (χ3n) is 2.79. The van der Waals surface area contributed by atoms with E-state index in [2.05, 4.69) is 0 Å². The Labute approximate surface area is 104 Å². The van der Waals surface area contributed by atoms with Gasteiger partial charge in [-0.15, -0.1) is 11.8 Å². The van der Waals surface area contributed by atoms with Gasteiger partial charge in [0.1, 0.15) is 5.76 Å². The maximum absolute atomic E-state index is 13.3. The predicted octanol–water partition coefficient (Wildman–Crippen LogP) is 2.50. The molecule has 0 unspecified atom stereocenters. The Bertz CT molecular complexity index is 736. The van der Waals surface area contributed by atoms with Gasteiger partial charge in [0, 0.05) is 5.39 Å². The fourth-order valence-corrected chi connectivity index (χ4v) is 2.83. The normalized spacial score (nSPS) is 14.9. The minimum Gasteiger partial charge on any atom is -0.426 e. The van der Waals surface area contributed by atoms with Crippen LogP contribution in [-0.2, 0) is 5.75 Å². The van der Waals surface area contributed by atoms with E-state index >= 15 is 0 Å². The van der Waals surface area contributed by atoms with Gasteiger partial charge in [-0.3, -0.25) is 4.79 Å². The van der Waals surface area contributed by atoms with E-state index in [-0.39, 0.29) is 33.6 Å². The Kier molecular flexibility index (Phi) is 2.48. The van der Waals surface area contributed by atoms with E-state index in [4.69, 9.17) is 4.42 Å². The number of carbonyl (C=O) groups excluding carboxylic acids is 1. The summed E-state index contributed by atoms with van der Waals surface area (Å²) < 4.78 is 31.4. The van der Waals surface area contributed by atoms with Crippen molar-refractivity contribution in [3.8, 4) is 0 Å². The summed E-state index contributed by atoms with van der Waals surface area (Å²) in [6, 6.07) is 1.65. The van der Waals surface area contributed by atoms with Crippen LogP contribution in [0.25, 0.3) is 10.8 Å². The van der Waals surface area contributed by atoms with Gasteiger partial charge in [-0.1, -0.05) is 0 Å². The van der Waals surface area contributed by atoms with Crippen molar-refractivity contribution in [3.63, 3.8) is 0 Å². The van der Waals surface area contributed by atoms with E-state index in [1.807, 2.05) is 0 Å². The Balaban J connectivity index is 2.50. The molecule has 0 fully saturated rings. The number of ketones is 1. The average molecular weight is 268 g/mol. The molecule has 0 saturated heterocycles. The van der Waals surface area contributed by atoms with Gasteiger partial charge in [0.05, 0.1) is 22.5 Å². The van der Waals surface area contributed by atoms with Crippen LogP contribution < -0.4 is 5.63 Å². The number of hydrogen-bond donors (Lipinski definition) is 0. The van der Waals surface area contributed by atoms with Crippen LogP contribution in [0, 0.1) is 11.6 Å². The second kappa shape index (κ2) is 3.91. The van der Waals surface area contributed by atoms with Crippen molar-refractivity contribution in [3.05, 3.63) is 45.5 Å². The van der Waals surface area contributed by atoms with Crippen LogP contribution in [-0.4, -0.2) is 11.5 Å².